The summed E-state index contributed by atoms with van der Waals surface area (Å²) in [5, 5.41) is 3.00. The van der Waals surface area contributed by atoms with Gasteiger partial charge in [0.15, 0.2) is 0 Å². The van der Waals surface area contributed by atoms with E-state index in [0.29, 0.717) is 6.42 Å². The van der Waals surface area contributed by atoms with E-state index in [1.54, 1.807) is 17.0 Å². The maximum absolute atomic E-state index is 13.4. The summed E-state index contributed by atoms with van der Waals surface area (Å²) >= 11 is 0. The van der Waals surface area contributed by atoms with E-state index in [1.165, 1.54) is 12.1 Å². The molecule has 4 nitrogen and oxygen atoms in total. The number of aryl methyl sites for hydroxylation is 2. The first-order valence-electron chi connectivity index (χ1n) is 10.7. The van der Waals surface area contributed by atoms with Crippen LogP contribution in [0.3, 0.4) is 0 Å². The first-order valence-corrected chi connectivity index (χ1v) is 10.7. The van der Waals surface area contributed by atoms with E-state index < -0.39 is 6.04 Å². The molecule has 1 N–H and O–H groups in total. The van der Waals surface area contributed by atoms with E-state index in [-0.39, 0.29) is 36.6 Å². The van der Waals surface area contributed by atoms with E-state index in [2.05, 4.69) is 5.32 Å². The Balaban J connectivity index is 2.32. The lowest BCUT2D eigenvalue weighted by atomic mass is 10.0. The smallest absolute Gasteiger partial charge is 0.243 e. The average Bonchev–Trinajstić information content (AvgIpc) is 2.71. The molecule has 30 heavy (non-hydrogen) atoms. The number of hydrogen-bond acceptors (Lipinski definition) is 2. The normalized spacial score (nSPS) is 12.9. The van der Waals surface area contributed by atoms with Crippen LogP contribution in [0, 0.1) is 19.7 Å². The van der Waals surface area contributed by atoms with Crippen molar-refractivity contribution in [3.05, 3.63) is 70.5 Å². The van der Waals surface area contributed by atoms with Crippen molar-refractivity contribution in [1.82, 2.24) is 10.2 Å². The number of nitrogens with zero attached hydrogens (tertiary/aromatic N) is 1. The van der Waals surface area contributed by atoms with Gasteiger partial charge in [-0.05, 0) is 62.4 Å². The van der Waals surface area contributed by atoms with Crippen LogP contribution in [0.1, 0.15) is 55.9 Å². The molecule has 2 aromatic rings. The molecule has 2 aromatic carbocycles. The quantitative estimate of drug-likeness (QED) is 0.649. The third kappa shape index (κ3) is 6.41. The lowest BCUT2D eigenvalue weighted by Crippen LogP contribution is -2.51. The van der Waals surface area contributed by atoms with Crippen LogP contribution in [-0.4, -0.2) is 28.8 Å². The van der Waals surface area contributed by atoms with Crippen molar-refractivity contribution in [3.8, 4) is 0 Å². The number of amides is 2. The van der Waals surface area contributed by atoms with Crippen molar-refractivity contribution in [3.63, 3.8) is 0 Å². The highest BCUT2D eigenvalue weighted by molar-refractivity contribution is 5.88. The van der Waals surface area contributed by atoms with Gasteiger partial charge in [-0.2, -0.15) is 0 Å². The molecular formula is C25H33FN2O2. The summed E-state index contributed by atoms with van der Waals surface area (Å²) in [5.74, 6) is -0.587. The van der Waals surface area contributed by atoms with E-state index in [4.69, 9.17) is 0 Å². The van der Waals surface area contributed by atoms with E-state index in [9.17, 15) is 14.0 Å². The van der Waals surface area contributed by atoms with Gasteiger partial charge in [-0.15, -0.1) is 0 Å². The van der Waals surface area contributed by atoms with Gasteiger partial charge in [0.05, 0.1) is 6.42 Å². The molecule has 2 rings (SSSR count). The van der Waals surface area contributed by atoms with Crippen LogP contribution in [0.5, 0.6) is 0 Å². The third-order valence-electron chi connectivity index (χ3n) is 5.50. The van der Waals surface area contributed by atoms with E-state index in [0.717, 1.165) is 28.7 Å². The van der Waals surface area contributed by atoms with Gasteiger partial charge in [0.25, 0.3) is 0 Å². The molecule has 0 spiro atoms. The highest BCUT2D eigenvalue weighted by Crippen LogP contribution is 2.18. The second-order valence-corrected chi connectivity index (χ2v) is 8.00. The number of hydrogen-bond donors (Lipinski definition) is 1. The fourth-order valence-electron chi connectivity index (χ4n) is 3.40. The number of carbonyl (C=O) groups is 2. The molecule has 0 radical (unpaired) electrons. The molecule has 0 saturated heterocycles. The third-order valence-corrected chi connectivity index (χ3v) is 5.50. The minimum atomic E-state index is -0.582. The molecule has 0 aliphatic heterocycles. The number of carbonyl (C=O) groups excluding carboxylic acids is 2. The Kier molecular flexibility index (Phi) is 8.58. The van der Waals surface area contributed by atoms with Gasteiger partial charge in [0.2, 0.25) is 11.8 Å². The Morgan fingerprint density at radius 3 is 2.30 bits per heavy atom. The lowest BCUT2D eigenvalue weighted by Gasteiger charge is -2.31. The molecule has 0 fully saturated rings. The monoisotopic (exact) mass is 412 g/mol. The Morgan fingerprint density at radius 2 is 1.70 bits per heavy atom. The lowest BCUT2D eigenvalue weighted by molar-refractivity contribution is -0.141. The van der Waals surface area contributed by atoms with E-state index in [1.807, 2.05) is 52.8 Å². The fourth-order valence-corrected chi connectivity index (χ4v) is 3.40. The summed E-state index contributed by atoms with van der Waals surface area (Å²) < 4.78 is 13.3. The largest absolute Gasteiger partial charge is 0.352 e. The molecule has 0 saturated carbocycles. The van der Waals surface area contributed by atoms with Gasteiger partial charge >= 0.3 is 0 Å². The second kappa shape index (κ2) is 10.9. The Bertz CT molecular complexity index is 864. The molecule has 0 heterocycles. The number of nitrogens with one attached hydrogen (secondary N) is 1. The van der Waals surface area contributed by atoms with Crippen LogP contribution in [-0.2, 0) is 22.6 Å². The van der Waals surface area contributed by atoms with Gasteiger partial charge in [0, 0.05) is 12.6 Å². The van der Waals surface area contributed by atoms with Gasteiger partial charge in [-0.1, -0.05) is 49.7 Å². The minimum absolute atomic E-state index is 0.0355. The predicted octanol–water partition coefficient (Wildman–Crippen LogP) is 4.71. The molecule has 0 aliphatic rings. The first kappa shape index (κ1) is 23.6. The standard InChI is InChI=1S/C25H33FN2O2/c1-6-19(5)27-25(30)23(7-2)28(16-20-10-12-22(26)13-11-20)24(29)15-21-14-17(3)8-9-18(21)4/h8-14,19,23H,6-7,15-16H2,1-5H3,(H,27,30)/t19-,23-/m1/s1. The number of benzene rings is 2. The molecular weight excluding hydrogens is 379 g/mol. The van der Waals surface area contributed by atoms with Crippen molar-refractivity contribution in [2.75, 3.05) is 0 Å². The minimum Gasteiger partial charge on any atom is -0.352 e. The van der Waals surface area contributed by atoms with Gasteiger partial charge in [0.1, 0.15) is 11.9 Å². The molecule has 0 unspecified atom stereocenters. The van der Waals surface area contributed by atoms with Crippen LogP contribution in [0.15, 0.2) is 42.5 Å². The van der Waals surface area contributed by atoms with Crippen LogP contribution in [0.4, 0.5) is 4.39 Å². The van der Waals surface area contributed by atoms with Gasteiger partial charge in [-0.3, -0.25) is 9.59 Å². The Morgan fingerprint density at radius 1 is 1.03 bits per heavy atom. The summed E-state index contributed by atoms with van der Waals surface area (Å²) in [5.41, 5.74) is 3.89. The number of rotatable bonds is 9. The van der Waals surface area contributed by atoms with Crippen LogP contribution in [0.2, 0.25) is 0 Å². The summed E-state index contributed by atoms with van der Waals surface area (Å²) in [6.45, 7) is 10.1. The molecule has 0 aliphatic carbocycles. The topological polar surface area (TPSA) is 49.4 Å². The summed E-state index contributed by atoms with van der Waals surface area (Å²) in [7, 11) is 0. The highest BCUT2D eigenvalue weighted by Gasteiger charge is 2.29. The SMILES string of the molecule is CC[C@@H](C)NC(=O)[C@@H](CC)N(Cc1ccc(F)cc1)C(=O)Cc1cc(C)ccc1C. The Hall–Kier alpha value is -2.69. The van der Waals surface area contributed by atoms with Crippen molar-refractivity contribution >= 4 is 11.8 Å². The maximum Gasteiger partial charge on any atom is 0.243 e. The van der Waals surface area contributed by atoms with Gasteiger partial charge in [-0.25, -0.2) is 4.39 Å². The average molecular weight is 413 g/mol. The number of halogens is 1. The zero-order valence-corrected chi connectivity index (χ0v) is 18.7. The van der Waals surface area contributed by atoms with Crippen LogP contribution >= 0.6 is 0 Å². The zero-order valence-electron chi connectivity index (χ0n) is 18.7. The molecule has 5 heteroatoms. The van der Waals surface area contributed by atoms with Crippen LogP contribution < -0.4 is 5.32 Å². The maximum atomic E-state index is 13.4. The highest BCUT2D eigenvalue weighted by atomic mass is 19.1. The van der Waals surface area contributed by atoms with Crippen molar-refractivity contribution in [2.45, 2.75) is 72.5 Å². The van der Waals surface area contributed by atoms with Crippen LogP contribution in [0.25, 0.3) is 0 Å². The summed E-state index contributed by atoms with van der Waals surface area (Å²) in [4.78, 5) is 28.0. The van der Waals surface area contributed by atoms with Crippen molar-refractivity contribution in [1.29, 1.82) is 0 Å². The van der Waals surface area contributed by atoms with E-state index >= 15 is 0 Å². The molecule has 2 atom stereocenters. The molecule has 2 amide bonds. The van der Waals surface area contributed by atoms with Gasteiger partial charge < -0.3 is 10.2 Å². The summed E-state index contributed by atoms with van der Waals surface area (Å²) in [6.07, 6.45) is 1.54. The Labute approximate surface area is 179 Å². The molecule has 162 valence electrons. The predicted molar refractivity (Wildman–Crippen MR) is 119 cm³/mol. The molecule has 0 bridgehead atoms. The second-order valence-electron chi connectivity index (χ2n) is 8.00. The van der Waals surface area contributed by atoms with Crippen molar-refractivity contribution in [2.24, 2.45) is 0 Å². The van der Waals surface area contributed by atoms with Crippen molar-refractivity contribution < 1.29 is 14.0 Å². The molecule has 0 aromatic heterocycles. The fraction of sp³-hybridized carbons (Fsp3) is 0.440. The zero-order chi connectivity index (χ0) is 22.3. The first-order chi connectivity index (χ1) is 14.2. The summed E-state index contributed by atoms with van der Waals surface area (Å²) in [6, 6.07) is 11.6.